The fourth-order valence-corrected chi connectivity index (χ4v) is 6.02. The average Bonchev–Trinajstić information content (AvgIpc) is 3.58. The van der Waals surface area contributed by atoms with Crippen LogP contribution < -0.4 is 10.2 Å². The van der Waals surface area contributed by atoms with Crippen molar-refractivity contribution >= 4 is 28.8 Å². The Bertz CT molecular complexity index is 1330. The third-order valence-electron chi connectivity index (χ3n) is 7.62. The lowest BCUT2D eigenvalue weighted by atomic mass is 9.93. The first-order valence-electron chi connectivity index (χ1n) is 14.6. The zero-order valence-corrected chi connectivity index (χ0v) is 26.5. The molecule has 0 unspecified atom stereocenters. The maximum atomic E-state index is 13.7. The normalized spacial score (nSPS) is 13.4. The number of rotatable bonds is 11. The number of carbonyl (C=O) groups is 2. The highest BCUT2D eigenvalue weighted by molar-refractivity contribution is 7.13. The topological polar surface area (TPSA) is 68.8 Å². The quantitative estimate of drug-likeness (QED) is 0.277. The van der Waals surface area contributed by atoms with E-state index in [1.807, 2.05) is 31.0 Å². The van der Waals surface area contributed by atoms with Gasteiger partial charge in [-0.3, -0.25) is 14.6 Å². The zero-order valence-electron chi connectivity index (χ0n) is 25.7. The zero-order chi connectivity index (χ0) is 29.7. The SMILES string of the molecule is Cc1ccc(-c2nc(C(C)(C)C)cs2)cc1N(CC(=O)NCCCC(C)C)CC(=O)N(C)N1Cc2ccccc2C1. The molecule has 0 saturated heterocycles. The van der Waals surface area contributed by atoms with Crippen LogP contribution in [0.5, 0.6) is 0 Å². The summed E-state index contributed by atoms with van der Waals surface area (Å²) in [6, 6.07) is 14.5. The van der Waals surface area contributed by atoms with Crippen LogP contribution in [-0.2, 0) is 28.1 Å². The molecule has 0 saturated carbocycles. The number of amides is 2. The number of fused-ring (bicyclic) bond motifs is 1. The largest absolute Gasteiger partial charge is 0.355 e. The van der Waals surface area contributed by atoms with Gasteiger partial charge in [-0.05, 0) is 48.4 Å². The Morgan fingerprint density at radius 1 is 1.07 bits per heavy atom. The van der Waals surface area contributed by atoms with Crippen molar-refractivity contribution in [3.63, 3.8) is 0 Å². The van der Waals surface area contributed by atoms with Crippen LogP contribution in [0.15, 0.2) is 47.8 Å². The number of aromatic nitrogens is 1. The molecule has 1 aliphatic heterocycles. The fourth-order valence-electron chi connectivity index (χ4n) is 4.98. The van der Waals surface area contributed by atoms with E-state index in [9.17, 15) is 9.59 Å². The van der Waals surface area contributed by atoms with Crippen LogP contribution in [0.1, 0.15) is 69.8 Å². The smallest absolute Gasteiger partial charge is 0.256 e. The summed E-state index contributed by atoms with van der Waals surface area (Å²) in [4.78, 5) is 33.6. The van der Waals surface area contributed by atoms with E-state index in [-0.39, 0.29) is 30.3 Å². The van der Waals surface area contributed by atoms with E-state index in [1.54, 1.807) is 16.3 Å². The maximum absolute atomic E-state index is 13.7. The highest BCUT2D eigenvalue weighted by Crippen LogP contribution is 2.33. The standard InChI is InChI=1S/C33H45N5O2S/c1-23(2)11-10-16-34-30(39)20-37(21-31(40)36(7)38-18-26-12-8-9-13-27(26)19-38)28-17-25(15-14-24(28)3)32-35-29(22-41-32)33(4,5)6/h8-9,12-15,17,22-23H,10-11,16,18-21H2,1-7H3,(H,34,39). The van der Waals surface area contributed by atoms with Crippen molar-refractivity contribution in [2.75, 3.05) is 31.6 Å². The van der Waals surface area contributed by atoms with Gasteiger partial charge in [-0.25, -0.2) is 9.99 Å². The minimum absolute atomic E-state index is 0.0335. The molecule has 2 heterocycles. The summed E-state index contributed by atoms with van der Waals surface area (Å²) in [7, 11) is 1.82. The van der Waals surface area contributed by atoms with Gasteiger partial charge < -0.3 is 10.2 Å². The lowest BCUT2D eigenvalue weighted by molar-refractivity contribution is -0.145. The highest BCUT2D eigenvalue weighted by atomic mass is 32.1. The number of nitrogens with one attached hydrogen (secondary N) is 1. The Balaban J connectivity index is 1.55. The summed E-state index contributed by atoms with van der Waals surface area (Å²) >= 11 is 1.62. The number of hydrogen-bond donors (Lipinski definition) is 1. The van der Waals surface area contributed by atoms with Gasteiger partial charge in [0.05, 0.1) is 18.8 Å². The number of nitrogens with zero attached hydrogens (tertiary/aromatic N) is 4. The summed E-state index contributed by atoms with van der Waals surface area (Å²) in [5.74, 6) is 0.467. The second kappa shape index (κ2) is 13.2. The molecule has 2 aromatic carbocycles. The van der Waals surface area contributed by atoms with Gasteiger partial charge in [0.2, 0.25) is 5.91 Å². The van der Waals surface area contributed by atoms with E-state index in [0.717, 1.165) is 40.4 Å². The summed E-state index contributed by atoms with van der Waals surface area (Å²) in [6.45, 7) is 15.1. The molecule has 0 spiro atoms. The van der Waals surface area contributed by atoms with Crippen LogP contribution >= 0.6 is 11.3 Å². The molecule has 220 valence electrons. The molecule has 0 bridgehead atoms. The summed E-state index contributed by atoms with van der Waals surface area (Å²) in [6.07, 6.45) is 2.01. The number of benzene rings is 2. The molecule has 7 nitrogen and oxygen atoms in total. The van der Waals surface area contributed by atoms with E-state index in [4.69, 9.17) is 4.98 Å². The van der Waals surface area contributed by atoms with Gasteiger partial charge in [0.25, 0.3) is 5.91 Å². The van der Waals surface area contributed by atoms with Crippen LogP contribution in [0.25, 0.3) is 10.6 Å². The number of aryl methyl sites for hydroxylation is 1. The summed E-state index contributed by atoms with van der Waals surface area (Å²) in [5, 5.41) is 9.89. The van der Waals surface area contributed by atoms with Crippen molar-refractivity contribution in [3.8, 4) is 10.6 Å². The number of thiazole rings is 1. The lowest BCUT2D eigenvalue weighted by Crippen LogP contribution is -2.48. The number of likely N-dealkylation sites (N-methyl/N-ethyl adjacent to an activating group) is 1. The van der Waals surface area contributed by atoms with Crippen molar-refractivity contribution < 1.29 is 9.59 Å². The van der Waals surface area contributed by atoms with Gasteiger partial charge >= 0.3 is 0 Å². The Labute approximate surface area is 249 Å². The molecule has 1 aliphatic rings. The predicted octanol–water partition coefficient (Wildman–Crippen LogP) is 6.16. The maximum Gasteiger partial charge on any atom is 0.256 e. The molecule has 0 fully saturated rings. The number of hydrogen-bond acceptors (Lipinski definition) is 6. The molecule has 1 N–H and O–H groups in total. The van der Waals surface area contributed by atoms with Gasteiger partial charge in [0.1, 0.15) is 5.01 Å². The van der Waals surface area contributed by atoms with Crippen molar-refractivity contribution in [2.24, 2.45) is 5.92 Å². The molecule has 2 amide bonds. The molecule has 8 heteroatoms. The van der Waals surface area contributed by atoms with E-state index in [1.165, 1.54) is 11.1 Å². The molecule has 0 atom stereocenters. The molecular weight excluding hydrogens is 530 g/mol. The molecule has 1 aromatic heterocycles. The number of anilines is 1. The second-order valence-electron chi connectivity index (χ2n) is 12.5. The van der Waals surface area contributed by atoms with Gasteiger partial charge in [0.15, 0.2) is 0 Å². The fraction of sp³-hybridized carbons (Fsp3) is 0.485. The number of carbonyl (C=O) groups excluding carboxylic acids is 2. The molecule has 0 aliphatic carbocycles. The third-order valence-corrected chi connectivity index (χ3v) is 8.51. The first-order chi connectivity index (χ1) is 19.4. The number of hydrazine groups is 1. The lowest BCUT2D eigenvalue weighted by Gasteiger charge is -2.32. The van der Waals surface area contributed by atoms with Crippen LogP contribution in [-0.4, -0.2) is 53.5 Å². The highest BCUT2D eigenvalue weighted by Gasteiger charge is 2.27. The monoisotopic (exact) mass is 575 g/mol. The Morgan fingerprint density at radius 2 is 1.76 bits per heavy atom. The molecule has 0 radical (unpaired) electrons. The first-order valence-corrected chi connectivity index (χ1v) is 15.5. The van der Waals surface area contributed by atoms with Gasteiger partial charge in [-0.15, -0.1) is 11.3 Å². The molecular formula is C33H45N5O2S. The van der Waals surface area contributed by atoms with Crippen LogP contribution in [0, 0.1) is 12.8 Å². The van der Waals surface area contributed by atoms with Crippen molar-refractivity contribution in [3.05, 3.63) is 70.2 Å². The molecule has 3 aromatic rings. The Kier molecular flexibility index (Phi) is 9.87. The van der Waals surface area contributed by atoms with Gasteiger partial charge in [0, 0.05) is 48.7 Å². The van der Waals surface area contributed by atoms with Crippen LogP contribution in [0.4, 0.5) is 5.69 Å². The minimum atomic E-state index is -0.0770. The van der Waals surface area contributed by atoms with E-state index >= 15 is 0 Å². The van der Waals surface area contributed by atoms with Crippen LogP contribution in [0.3, 0.4) is 0 Å². The average molecular weight is 576 g/mol. The Morgan fingerprint density at radius 3 is 2.37 bits per heavy atom. The molecule has 4 rings (SSSR count). The predicted molar refractivity (Wildman–Crippen MR) is 169 cm³/mol. The van der Waals surface area contributed by atoms with Crippen molar-refractivity contribution in [2.45, 2.75) is 72.9 Å². The van der Waals surface area contributed by atoms with Gasteiger partial charge in [-0.1, -0.05) is 71.0 Å². The third kappa shape index (κ3) is 7.95. The summed E-state index contributed by atoms with van der Waals surface area (Å²) < 4.78 is 0. The van der Waals surface area contributed by atoms with Crippen LogP contribution in [0.2, 0.25) is 0 Å². The van der Waals surface area contributed by atoms with Crippen molar-refractivity contribution in [1.82, 2.24) is 20.3 Å². The Hall–Kier alpha value is -3.23. The minimum Gasteiger partial charge on any atom is -0.355 e. The van der Waals surface area contributed by atoms with E-state index in [0.29, 0.717) is 25.6 Å². The first kappa shape index (κ1) is 30.7. The van der Waals surface area contributed by atoms with Gasteiger partial charge in [-0.2, -0.15) is 0 Å². The van der Waals surface area contributed by atoms with E-state index in [2.05, 4.69) is 80.7 Å². The second-order valence-corrected chi connectivity index (χ2v) is 13.4. The van der Waals surface area contributed by atoms with Crippen molar-refractivity contribution in [1.29, 1.82) is 0 Å². The van der Waals surface area contributed by atoms with E-state index < -0.39 is 0 Å². The molecule has 41 heavy (non-hydrogen) atoms. The summed E-state index contributed by atoms with van der Waals surface area (Å²) in [5.41, 5.74) is 6.38.